The van der Waals surface area contributed by atoms with Crippen LogP contribution in [-0.2, 0) is 9.68 Å². The quantitative estimate of drug-likeness (QED) is 0.225. The first kappa shape index (κ1) is 17.3. The minimum Gasteiger partial charge on any atom is -0.164 e. The highest BCUT2D eigenvalue weighted by Crippen LogP contribution is 2.64. The number of allylic oxidation sites excluding steroid dienone is 3. The van der Waals surface area contributed by atoms with Crippen LogP contribution in [0.1, 0.15) is 13.8 Å². The molecule has 1 aliphatic rings. The Labute approximate surface area is 127 Å². The lowest BCUT2D eigenvalue weighted by molar-refractivity contribution is -1.21. The maximum atomic E-state index is 5.67. The highest BCUT2D eigenvalue weighted by molar-refractivity contribution is 5.35. The summed E-state index contributed by atoms with van der Waals surface area (Å²) in [7, 11) is 3.19. The van der Waals surface area contributed by atoms with Crippen molar-refractivity contribution in [3.8, 4) is 0 Å². The largest absolute Gasteiger partial charge is 0.416 e. The summed E-state index contributed by atoms with van der Waals surface area (Å²) in [6.07, 6.45) is 7.04. The second kappa shape index (κ2) is 5.56. The number of nitrogens with zero attached hydrogens (tertiary/aromatic N) is 2. The molecule has 2 atom stereocenters. The summed E-state index contributed by atoms with van der Waals surface area (Å²) in [4.78, 5) is 11.2. The molecule has 0 aliphatic carbocycles. The van der Waals surface area contributed by atoms with Crippen molar-refractivity contribution in [2.75, 3.05) is 14.2 Å². The summed E-state index contributed by atoms with van der Waals surface area (Å²) >= 11 is 0. The maximum Gasteiger partial charge on any atom is 0.416 e. The van der Waals surface area contributed by atoms with E-state index in [9.17, 15) is 0 Å². The highest BCUT2D eigenvalue weighted by Gasteiger charge is 3.00. The minimum absolute atomic E-state index is 0.0880. The van der Waals surface area contributed by atoms with Gasteiger partial charge in [0.2, 0.25) is 5.70 Å². The lowest BCUT2D eigenvalue weighted by Gasteiger charge is -2.14. The molecule has 4 nitrogen and oxygen atoms in total. The van der Waals surface area contributed by atoms with Crippen LogP contribution in [0.4, 0.5) is 0 Å². The standard InChI is InChI=1S/C17H26N2O2/c1-10-12-13-15(4)18(7)17(6)16(5,14(3)11-2)19(17,20-8)21-9/h10-13H,1-4,7H2,5-6,8-9H3/q+2/b13-12-. The summed E-state index contributed by atoms with van der Waals surface area (Å²) in [5.74, 6) is 0. The summed E-state index contributed by atoms with van der Waals surface area (Å²) in [6.45, 7) is 23.7. The molecule has 1 saturated heterocycles. The zero-order valence-corrected chi connectivity index (χ0v) is 13.6. The monoisotopic (exact) mass is 290 g/mol. The van der Waals surface area contributed by atoms with E-state index in [1.807, 2.05) is 19.9 Å². The van der Waals surface area contributed by atoms with Gasteiger partial charge in [0.15, 0.2) is 0 Å². The van der Waals surface area contributed by atoms with E-state index in [2.05, 4.69) is 33.0 Å². The number of hydroxylamine groups is 4. The Morgan fingerprint density at radius 1 is 1.14 bits per heavy atom. The third-order valence-electron chi connectivity index (χ3n) is 4.72. The van der Waals surface area contributed by atoms with Gasteiger partial charge in [-0.15, -0.1) is 4.58 Å². The van der Waals surface area contributed by atoms with Crippen LogP contribution >= 0.6 is 0 Å². The summed E-state index contributed by atoms with van der Waals surface area (Å²) in [6, 6.07) is 0. The van der Waals surface area contributed by atoms with Crippen LogP contribution in [0, 0.1) is 0 Å². The van der Waals surface area contributed by atoms with Crippen LogP contribution in [0.15, 0.2) is 61.9 Å². The van der Waals surface area contributed by atoms with Crippen LogP contribution in [0.25, 0.3) is 0 Å². The van der Waals surface area contributed by atoms with Crippen molar-refractivity contribution < 1.29 is 19.1 Å². The van der Waals surface area contributed by atoms with Gasteiger partial charge in [0.05, 0.1) is 21.1 Å². The van der Waals surface area contributed by atoms with E-state index in [0.29, 0.717) is 0 Å². The smallest absolute Gasteiger partial charge is 0.164 e. The maximum absolute atomic E-state index is 5.67. The lowest BCUT2D eigenvalue weighted by Crippen LogP contribution is -2.39. The first-order chi connectivity index (χ1) is 9.74. The van der Waals surface area contributed by atoms with E-state index in [0.717, 1.165) is 11.3 Å². The van der Waals surface area contributed by atoms with Gasteiger partial charge in [0, 0.05) is 23.4 Å². The van der Waals surface area contributed by atoms with Crippen molar-refractivity contribution in [2.45, 2.75) is 25.0 Å². The zero-order valence-electron chi connectivity index (χ0n) is 13.6. The topological polar surface area (TPSA) is 21.5 Å². The summed E-state index contributed by atoms with van der Waals surface area (Å²) in [5, 5.41) is 0. The third kappa shape index (κ3) is 1.83. The van der Waals surface area contributed by atoms with Gasteiger partial charge in [-0.25, -0.2) is 0 Å². The van der Waals surface area contributed by atoms with Crippen molar-refractivity contribution in [2.24, 2.45) is 0 Å². The molecule has 114 valence electrons. The lowest BCUT2D eigenvalue weighted by atomic mass is 9.94. The van der Waals surface area contributed by atoms with Crippen molar-refractivity contribution in [1.82, 2.24) is 0 Å². The van der Waals surface area contributed by atoms with Gasteiger partial charge in [-0.3, -0.25) is 0 Å². The van der Waals surface area contributed by atoms with Gasteiger partial charge in [-0.2, -0.15) is 9.68 Å². The molecule has 0 spiro atoms. The fraction of sp³-hybridized carbons (Fsp3) is 0.353. The number of hydrogen-bond donors (Lipinski definition) is 0. The zero-order chi connectivity index (χ0) is 16.5. The Balaban J connectivity index is 3.37. The van der Waals surface area contributed by atoms with Crippen LogP contribution in [0.3, 0.4) is 0 Å². The molecule has 0 N–H and O–H groups in total. The third-order valence-corrected chi connectivity index (χ3v) is 4.72. The number of rotatable bonds is 8. The van der Waals surface area contributed by atoms with E-state index in [1.54, 1.807) is 37.0 Å². The molecule has 0 aromatic rings. The highest BCUT2D eigenvalue weighted by atomic mass is 17.0. The predicted octanol–water partition coefficient (Wildman–Crippen LogP) is 3.13. The first-order valence-corrected chi connectivity index (χ1v) is 6.66. The summed E-state index contributed by atoms with van der Waals surface area (Å²) < 4.78 is 1.79. The van der Waals surface area contributed by atoms with E-state index >= 15 is 0 Å². The average molecular weight is 290 g/mol. The Kier molecular flexibility index (Phi) is 4.58. The molecule has 1 aliphatic heterocycles. The van der Waals surface area contributed by atoms with Gasteiger partial charge in [-0.05, 0) is 6.58 Å². The molecular weight excluding hydrogens is 264 g/mol. The molecular formula is C17H26N2O2+2. The molecule has 0 aromatic carbocycles. The fourth-order valence-corrected chi connectivity index (χ4v) is 3.17. The molecule has 2 unspecified atom stereocenters. The number of hydrogen-bond acceptors (Lipinski definition) is 2. The Bertz CT molecular complexity index is 543. The molecule has 1 heterocycles. The molecule has 0 aromatic heterocycles. The van der Waals surface area contributed by atoms with E-state index in [1.165, 1.54) is 0 Å². The van der Waals surface area contributed by atoms with Gasteiger partial charge < -0.3 is 0 Å². The minimum atomic E-state index is -0.621. The Morgan fingerprint density at radius 2 is 1.67 bits per heavy atom. The Morgan fingerprint density at radius 3 is 2.05 bits per heavy atom. The van der Waals surface area contributed by atoms with Crippen molar-refractivity contribution in [1.29, 1.82) is 0 Å². The molecule has 21 heavy (non-hydrogen) atoms. The van der Waals surface area contributed by atoms with Crippen molar-refractivity contribution in [3.05, 3.63) is 61.9 Å². The first-order valence-electron chi connectivity index (χ1n) is 6.66. The van der Waals surface area contributed by atoms with Crippen LogP contribution in [-0.4, -0.2) is 41.5 Å². The van der Waals surface area contributed by atoms with E-state index < -0.39 is 11.2 Å². The van der Waals surface area contributed by atoms with E-state index in [4.69, 9.17) is 9.68 Å². The van der Waals surface area contributed by atoms with Gasteiger partial charge >= 0.3 is 11.2 Å². The van der Waals surface area contributed by atoms with E-state index in [-0.39, 0.29) is 4.81 Å². The van der Waals surface area contributed by atoms with Crippen LogP contribution < -0.4 is 0 Å². The van der Waals surface area contributed by atoms with Gasteiger partial charge in [0.1, 0.15) is 6.72 Å². The molecule has 0 amide bonds. The molecule has 4 heteroatoms. The SMILES string of the molecule is C=C/C=C\C(=C)[N+](=C)C1(C)C(C)(C(=C)C=C)[N+]1(OC)OC. The normalized spacial score (nSPS) is 29.9. The van der Waals surface area contributed by atoms with Crippen LogP contribution in [0.2, 0.25) is 0 Å². The molecule has 1 rings (SSSR count). The molecule has 0 saturated carbocycles. The van der Waals surface area contributed by atoms with Gasteiger partial charge in [-0.1, -0.05) is 38.0 Å². The molecule has 0 bridgehead atoms. The second-order valence-electron chi connectivity index (χ2n) is 5.25. The van der Waals surface area contributed by atoms with Crippen molar-refractivity contribution >= 4 is 6.72 Å². The van der Waals surface area contributed by atoms with Crippen molar-refractivity contribution in [3.63, 3.8) is 0 Å². The average Bonchev–Trinajstić information content (AvgIpc) is 2.95. The second-order valence-corrected chi connectivity index (χ2v) is 5.25. The van der Waals surface area contributed by atoms with Gasteiger partial charge in [0.25, 0.3) is 0 Å². The summed E-state index contributed by atoms with van der Waals surface area (Å²) in [5.41, 5.74) is 0.354. The molecule has 0 radical (unpaired) electrons. The predicted molar refractivity (Wildman–Crippen MR) is 86.3 cm³/mol. The van der Waals surface area contributed by atoms with Crippen LogP contribution in [0.5, 0.6) is 0 Å². The molecule has 1 fully saturated rings. The Hall–Kier alpha value is -1.75. The fourth-order valence-electron chi connectivity index (χ4n) is 3.17. The number of quaternary nitrogens is 1.